The predicted molar refractivity (Wildman–Crippen MR) is 94.7 cm³/mol. The summed E-state index contributed by atoms with van der Waals surface area (Å²) in [5.41, 5.74) is 2.15. The first kappa shape index (κ1) is 17.7. The Kier molecular flexibility index (Phi) is 6.94. The Hall–Kier alpha value is -2.70. The van der Waals surface area contributed by atoms with E-state index in [1.807, 2.05) is 31.2 Å². The first-order chi connectivity index (χ1) is 11.8. The third kappa shape index (κ3) is 5.19. The minimum Gasteiger partial charge on any atom is -0.493 e. The van der Waals surface area contributed by atoms with Gasteiger partial charge in [0.25, 0.3) is 0 Å². The molecule has 0 aliphatic rings. The number of H-pyrrole nitrogens is 1. The normalized spacial score (nSPS) is 11.2. The zero-order chi connectivity index (χ0) is 17.2. The van der Waals surface area contributed by atoms with Crippen LogP contribution in [-0.4, -0.2) is 43.5 Å². The fourth-order valence-corrected chi connectivity index (χ4v) is 2.24. The Bertz CT molecular complexity index is 640. The molecular formula is C17H25N5O2. The highest BCUT2D eigenvalue weighted by atomic mass is 16.5. The van der Waals surface area contributed by atoms with Crippen LogP contribution in [0.3, 0.4) is 0 Å². The molecule has 0 spiro atoms. The van der Waals surface area contributed by atoms with E-state index in [0.29, 0.717) is 6.54 Å². The Balaban J connectivity index is 1.89. The number of nitrogens with zero attached hydrogens (tertiary/aromatic N) is 2. The molecule has 0 aliphatic heterocycles. The molecule has 1 heterocycles. The van der Waals surface area contributed by atoms with Gasteiger partial charge in [0.05, 0.1) is 26.5 Å². The summed E-state index contributed by atoms with van der Waals surface area (Å²) in [6, 6.07) is 7.87. The average molecular weight is 331 g/mol. The van der Waals surface area contributed by atoms with Gasteiger partial charge in [-0.15, -0.1) is 0 Å². The lowest BCUT2D eigenvalue weighted by atomic mass is 10.1. The fourth-order valence-electron chi connectivity index (χ4n) is 2.24. The van der Waals surface area contributed by atoms with Crippen LogP contribution in [0.15, 0.2) is 35.5 Å². The SMILES string of the molecule is CCNC(=NCc1ccn[nH]1)NCCc1ccc(OC)c(OC)c1. The summed E-state index contributed by atoms with van der Waals surface area (Å²) in [6.07, 6.45) is 2.58. The van der Waals surface area contributed by atoms with E-state index in [1.54, 1.807) is 20.4 Å². The summed E-state index contributed by atoms with van der Waals surface area (Å²) in [5, 5.41) is 13.4. The molecule has 1 aromatic heterocycles. The standard InChI is InChI=1S/C17H25N5O2/c1-4-18-17(20-12-14-8-10-21-22-14)19-9-7-13-5-6-15(23-2)16(11-13)24-3/h5-6,8,10-11H,4,7,9,12H2,1-3H3,(H,21,22)(H2,18,19,20). The number of methoxy groups -OCH3 is 2. The molecule has 0 saturated carbocycles. The average Bonchev–Trinajstić information content (AvgIpc) is 3.13. The highest BCUT2D eigenvalue weighted by molar-refractivity contribution is 5.79. The van der Waals surface area contributed by atoms with Gasteiger partial charge in [0.2, 0.25) is 0 Å². The van der Waals surface area contributed by atoms with Crippen molar-refractivity contribution >= 4 is 5.96 Å². The summed E-state index contributed by atoms with van der Waals surface area (Å²) in [7, 11) is 3.28. The number of aliphatic imine (C=N–C) groups is 1. The van der Waals surface area contributed by atoms with Gasteiger partial charge in [-0.3, -0.25) is 5.10 Å². The van der Waals surface area contributed by atoms with Crippen LogP contribution in [0.4, 0.5) is 0 Å². The first-order valence-corrected chi connectivity index (χ1v) is 7.98. The van der Waals surface area contributed by atoms with Crippen LogP contribution in [-0.2, 0) is 13.0 Å². The Morgan fingerprint density at radius 2 is 2.00 bits per heavy atom. The van der Waals surface area contributed by atoms with Crippen LogP contribution in [0.5, 0.6) is 11.5 Å². The predicted octanol–water partition coefficient (Wildman–Crippen LogP) is 1.72. The van der Waals surface area contributed by atoms with Gasteiger partial charge in [-0.25, -0.2) is 4.99 Å². The number of hydrogen-bond acceptors (Lipinski definition) is 4. The smallest absolute Gasteiger partial charge is 0.191 e. The molecule has 130 valence electrons. The maximum absolute atomic E-state index is 5.33. The van der Waals surface area contributed by atoms with Crippen molar-refractivity contribution in [3.63, 3.8) is 0 Å². The van der Waals surface area contributed by atoms with Crippen molar-refractivity contribution in [2.75, 3.05) is 27.3 Å². The lowest BCUT2D eigenvalue weighted by Crippen LogP contribution is -2.38. The van der Waals surface area contributed by atoms with Gasteiger partial charge in [-0.2, -0.15) is 5.10 Å². The second kappa shape index (κ2) is 9.44. The Morgan fingerprint density at radius 3 is 2.67 bits per heavy atom. The van der Waals surface area contributed by atoms with Gasteiger partial charge in [-0.1, -0.05) is 6.07 Å². The van der Waals surface area contributed by atoms with Crippen molar-refractivity contribution < 1.29 is 9.47 Å². The zero-order valence-electron chi connectivity index (χ0n) is 14.4. The van der Waals surface area contributed by atoms with Gasteiger partial charge < -0.3 is 20.1 Å². The summed E-state index contributed by atoms with van der Waals surface area (Å²) in [4.78, 5) is 4.53. The molecule has 0 saturated heterocycles. The topological polar surface area (TPSA) is 83.6 Å². The number of hydrogen-bond donors (Lipinski definition) is 3. The van der Waals surface area contributed by atoms with E-state index in [2.05, 4.69) is 25.8 Å². The highest BCUT2D eigenvalue weighted by Crippen LogP contribution is 2.27. The van der Waals surface area contributed by atoms with Crippen LogP contribution < -0.4 is 20.1 Å². The van der Waals surface area contributed by atoms with E-state index in [1.165, 1.54) is 5.56 Å². The maximum atomic E-state index is 5.33. The van der Waals surface area contributed by atoms with Crippen LogP contribution in [0.25, 0.3) is 0 Å². The van der Waals surface area contributed by atoms with Crippen molar-refractivity contribution in [2.45, 2.75) is 19.9 Å². The minimum atomic E-state index is 0.561. The molecule has 0 amide bonds. The van der Waals surface area contributed by atoms with E-state index in [0.717, 1.165) is 42.7 Å². The van der Waals surface area contributed by atoms with Crippen LogP contribution >= 0.6 is 0 Å². The molecule has 0 bridgehead atoms. The van der Waals surface area contributed by atoms with Gasteiger partial charge in [0.15, 0.2) is 17.5 Å². The number of ether oxygens (including phenoxy) is 2. The number of aromatic amines is 1. The first-order valence-electron chi connectivity index (χ1n) is 7.98. The Morgan fingerprint density at radius 1 is 1.17 bits per heavy atom. The lowest BCUT2D eigenvalue weighted by molar-refractivity contribution is 0.354. The van der Waals surface area contributed by atoms with Crippen molar-refractivity contribution in [3.8, 4) is 11.5 Å². The van der Waals surface area contributed by atoms with Crippen LogP contribution in [0.2, 0.25) is 0 Å². The van der Waals surface area contributed by atoms with E-state index in [-0.39, 0.29) is 0 Å². The van der Waals surface area contributed by atoms with E-state index < -0.39 is 0 Å². The van der Waals surface area contributed by atoms with Crippen LogP contribution in [0, 0.1) is 0 Å². The quantitative estimate of drug-likeness (QED) is 0.507. The third-order valence-corrected chi connectivity index (χ3v) is 3.46. The van der Waals surface area contributed by atoms with Crippen molar-refractivity contribution in [1.29, 1.82) is 0 Å². The van der Waals surface area contributed by atoms with Crippen molar-refractivity contribution in [1.82, 2.24) is 20.8 Å². The van der Waals surface area contributed by atoms with Crippen molar-refractivity contribution in [3.05, 3.63) is 41.7 Å². The monoisotopic (exact) mass is 331 g/mol. The number of rotatable bonds is 8. The number of aromatic nitrogens is 2. The lowest BCUT2D eigenvalue weighted by Gasteiger charge is -2.12. The summed E-state index contributed by atoms with van der Waals surface area (Å²) >= 11 is 0. The molecule has 1 aromatic carbocycles. The molecule has 0 aliphatic carbocycles. The van der Waals surface area contributed by atoms with E-state index in [4.69, 9.17) is 9.47 Å². The molecule has 2 aromatic rings. The number of benzene rings is 1. The molecule has 0 fully saturated rings. The van der Waals surface area contributed by atoms with E-state index in [9.17, 15) is 0 Å². The molecule has 24 heavy (non-hydrogen) atoms. The largest absolute Gasteiger partial charge is 0.493 e. The molecular weight excluding hydrogens is 306 g/mol. The van der Waals surface area contributed by atoms with Crippen molar-refractivity contribution in [2.24, 2.45) is 4.99 Å². The second-order valence-electron chi connectivity index (χ2n) is 5.14. The molecule has 0 radical (unpaired) electrons. The second-order valence-corrected chi connectivity index (χ2v) is 5.14. The fraction of sp³-hybridized carbons (Fsp3) is 0.412. The van der Waals surface area contributed by atoms with E-state index >= 15 is 0 Å². The zero-order valence-corrected chi connectivity index (χ0v) is 14.4. The third-order valence-electron chi connectivity index (χ3n) is 3.46. The molecule has 7 nitrogen and oxygen atoms in total. The molecule has 7 heteroatoms. The van der Waals surface area contributed by atoms with Gasteiger partial charge in [0, 0.05) is 19.3 Å². The summed E-state index contributed by atoms with van der Waals surface area (Å²) < 4.78 is 10.6. The highest BCUT2D eigenvalue weighted by Gasteiger charge is 2.05. The molecule has 0 atom stereocenters. The molecule has 2 rings (SSSR count). The summed E-state index contributed by atoms with van der Waals surface area (Å²) in [6.45, 7) is 4.18. The van der Waals surface area contributed by atoms with Gasteiger partial charge in [-0.05, 0) is 37.1 Å². The summed E-state index contributed by atoms with van der Waals surface area (Å²) in [5.74, 6) is 2.27. The minimum absolute atomic E-state index is 0.561. The Labute approximate surface area is 142 Å². The number of nitrogens with one attached hydrogen (secondary N) is 3. The molecule has 3 N–H and O–H groups in total. The van der Waals surface area contributed by atoms with Crippen LogP contribution in [0.1, 0.15) is 18.2 Å². The van der Waals surface area contributed by atoms with Gasteiger partial charge in [0.1, 0.15) is 0 Å². The molecule has 0 unspecified atom stereocenters. The van der Waals surface area contributed by atoms with Gasteiger partial charge >= 0.3 is 0 Å². The number of guanidine groups is 1. The maximum Gasteiger partial charge on any atom is 0.191 e.